The summed E-state index contributed by atoms with van der Waals surface area (Å²) in [5.74, 6) is -3.60. The molecule has 0 aliphatic rings. The quantitative estimate of drug-likeness (QED) is 0.487. The molecular formula is C18H14F3NO2S. The summed E-state index contributed by atoms with van der Waals surface area (Å²) in [6.45, 7) is 2.03. The van der Waals surface area contributed by atoms with Crippen molar-refractivity contribution in [2.24, 2.45) is 0 Å². The summed E-state index contributed by atoms with van der Waals surface area (Å²) in [5.41, 5.74) is 1.04. The molecule has 3 nitrogen and oxygen atoms in total. The monoisotopic (exact) mass is 365 g/mol. The van der Waals surface area contributed by atoms with Crippen molar-refractivity contribution in [3.63, 3.8) is 0 Å². The number of hydrogen-bond acceptors (Lipinski definition) is 4. The first-order valence-electron chi connectivity index (χ1n) is 7.68. The fourth-order valence-corrected chi connectivity index (χ4v) is 3.42. The number of aryl methyl sites for hydroxylation is 2. The Bertz CT molecular complexity index is 939. The van der Waals surface area contributed by atoms with Crippen LogP contribution in [0.3, 0.4) is 0 Å². The SMILES string of the molecule is CCOC(=O)c1cccc(CCc2nc3c(F)c(F)cc(F)c3s2)c1. The molecule has 0 spiro atoms. The lowest BCUT2D eigenvalue weighted by atomic mass is 10.1. The lowest BCUT2D eigenvalue weighted by molar-refractivity contribution is 0.0526. The Hall–Kier alpha value is -2.41. The molecular weight excluding hydrogens is 351 g/mol. The molecule has 7 heteroatoms. The maximum atomic E-state index is 13.7. The van der Waals surface area contributed by atoms with E-state index in [9.17, 15) is 18.0 Å². The number of esters is 1. The average Bonchev–Trinajstić information content (AvgIpc) is 3.04. The summed E-state index contributed by atoms with van der Waals surface area (Å²) in [6.07, 6.45) is 0.949. The van der Waals surface area contributed by atoms with Crippen LogP contribution in [0.4, 0.5) is 13.2 Å². The van der Waals surface area contributed by atoms with Crippen LogP contribution in [0.15, 0.2) is 30.3 Å². The maximum absolute atomic E-state index is 13.7. The predicted molar refractivity (Wildman–Crippen MR) is 89.3 cm³/mol. The van der Waals surface area contributed by atoms with Gasteiger partial charge in [0.25, 0.3) is 0 Å². The lowest BCUT2D eigenvalue weighted by Gasteiger charge is -2.04. The molecule has 0 saturated carbocycles. The van der Waals surface area contributed by atoms with Crippen LogP contribution in [0.5, 0.6) is 0 Å². The number of rotatable bonds is 5. The molecule has 2 aromatic carbocycles. The Balaban J connectivity index is 1.79. The highest BCUT2D eigenvalue weighted by Gasteiger charge is 2.17. The van der Waals surface area contributed by atoms with Crippen molar-refractivity contribution in [1.29, 1.82) is 0 Å². The molecule has 1 aromatic heterocycles. The second-order valence-electron chi connectivity index (χ2n) is 5.36. The van der Waals surface area contributed by atoms with Gasteiger partial charge in [0.1, 0.15) is 11.3 Å². The van der Waals surface area contributed by atoms with Crippen molar-refractivity contribution in [3.8, 4) is 0 Å². The lowest BCUT2D eigenvalue weighted by Crippen LogP contribution is -2.05. The minimum absolute atomic E-state index is 0.00849. The number of halogens is 3. The molecule has 3 rings (SSSR count). The van der Waals surface area contributed by atoms with Gasteiger partial charge in [-0.1, -0.05) is 12.1 Å². The molecule has 0 aliphatic heterocycles. The van der Waals surface area contributed by atoms with E-state index in [0.717, 1.165) is 16.9 Å². The number of hydrogen-bond donors (Lipinski definition) is 0. The van der Waals surface area contributed by atoms with Crippen LogP contribution < -0.4 is 0 Å². The third-order valence-corrected chi connectivity index (χ3v) is 4.75. The first-order valence-corrected chi connectivity index (χ1v) is 8.50. The zero-order chi connectivity index (χ0) is 18.0. The Kier molecular flexibility index (Phi) is 5.03. The molecule has 0 N–H and O–H groups in total. The average molecular weight is 365 g/mol. The third kappa shape index (κ3) is 3.66. The van der Waals surface area contributed by atoms with E-state index >= 15 is 0 Å². The van der Waals surface area contributed by atoms with Gasteiger partial charge in [0.15, 0.2) is 11.6 Å². The summed E-state index contributed by atoms with van der Waals surface area (Å²) in [7, 11) is 0. The number of fused-ring (bicyclic) bond motifs is 1. The van der Waals surface area contributed by atoms with Crippen molar-refractivity contribution < 1.29 is 22.7 Å². The number of benzene rings is 2. The van der Waals surface area contributed by atoms with E-state index in [1.165, 1.54) is 0 Å². The maximum Gasteiger partial charge on any atom is 0.338 e. The van der Waals surface area contributed by atoms with E-state index in [1.54, 1.807) is 25.1 Å². The normalized spacial score (nSPS) is 11.0. The molecule has 0 atom stereocenters. The zero-order valence-electron chi connectivity index (χ0n) is 13.3. The van der Waals surface area contributed by atoms with Gasteiger partial charge in [-0.05, 0) is 31.0 Å². The minimum Gasteiger partial charge on any atom is -0.462 e. The van der Waals surface area contributed by atoms with Gasteiger partial charge in [-0.3, -0.25) is 0 Å². The number of carbonyl (C=O) groups is 1. The number of thiazole rings is 1. The summed E-state index contributed by atoms with van der Waals surface area (Å²) in [6, 6.07) is 7.49. The van der Waals surface area contributed by atoms with E-state index in [1.807, 2.05) is 6.07 Å². The molecule has 0 saturated heterocycles. The Morgan fingerprint density at radius 2 is 1.96 bits per heavy atom. The van der Waals surface area contributed by atoms with E-state index in [-0.39, 0.29) is 10.2 Å². The molecule has 0 bridgehead atoms. The highest BCUT2D eigenvalue weighted by molar-refractivity contribution is 7.18. The number of carbonyl (C=O) groups excluding carboxylic acids is 1. The van der Waals surface area contributed by atoms with Crippen molar-refractivity contribution in [3.05, 3.63) is 63.9 Å². The van der Waals surface area contributed by atoms with Crippen LogP contribution in [0.1, 0.15) is 27.9 Å². The zero-order valence-corrected chi connectivity index (χ0v) is 14.1. The molecule has 3 aromatic rings. The van der Waals surface area contributed by atoms with E-state index in [2.05, 4.69) is 4.98 Å². The Morgan fingerprint density at radius 3 is 2.72 bits per heavy atom. The van der Waals surface area contributed by atoms with E-state index in [0.29, 0.717) is 36.1 Å². The molecule has 0 amide bonds. The Morgan fingerprint density at radius 1 is 1.16 bits per heavy atom. The molecule has 0 fully saturated rings. The number of ether oxygens (including phenoxy) is 1. The molecule has 0 unspecified atom stereocenters. The van der Waals surface area contributed by atoms with E-state index < -0.39 is 23.4 Å². The van der Waals surface area contributed by atoms with Gasteiger partial charge in [-0.25, -0.2) is 22.9 Å². The summed E-state index contributed by atoms with van der Waals surface area (Å²) in [4.78, 5) is 15.8. The number of aromatic nitrogens is 1. The van der Waals surface area contributed by atoms with Crippen LogP contribution in [0.25, 0.3) is 10.2 Å². The third-order valence-electron chi connectivity index (χ3n) is 3.63. The van der Waals surface area contributed by atoms with E-state index in [4.69, 9.17) is 4.74 Å². The second-order valence-corrected chi connectivity index (χ2v) is 6.44. The Labute approximate surface area is 146 Å². The van der Waals surface area contributed by atoms with Gasteiger partial charge in [-0.2, -0.15) is 0 Å². The van der Waals surface area contributed by atoms with Crippen LogP contribution in [-0.2, 0) is 17.6 Å². The molecule has 0 radical (unpaired) electrons. The topological polar surface area (TPSA) is 39.2 Å². The summed E-state index contributed by atoms with van der Waals surface area (Å²) in [5, 5.41) is 0.500. The predicted octanol–water partition coefficient (Wildman–Crippen LogP) is 4.68. The first-order chi connectivity index (χ1) is 12.0. The molecule has 1 heterocycles. The van der Waals surface area contributed by atoms with Gasteiger partial charge in [-0.15, -0.1) is 11.3 Å². The fourth-order valence-electron chi connectivity index (χ4n) is 2.45. The highest BCUT2D eigenvalue weighted by atomic mass is 32.1. The van der Waals surface area contributed by atoms with Gasteiger partial charge in [0.05, 0.1) is 21.9 Å². The van der Waals surface area contributed by atoms with Crippen LogP contribution in [-0.4, -0.2) is 17.6 Å². The van der Waals surface area contributed by atoms with Gasteiger partial charge >= 0.3 is 5.97 Å². The van der Waals surface area contributed by atoms with Gasteiger partial charge < -0.3 is 4.74 Å². The summed E-state index contributed by atoms with van der Waals surface area (Å²) >= 11 is 1.00. The molecule has 25 heavy (non-hydrogen) atoms. The van der Waals surface area contributed by atoms with Crippen molar-refractivity contribution in [1.82, 2.24) is 4.98 Å². The molecule has 130 valence electrons. The van der Waals surface area contributed by atoms with Crippen LogP contribution in [0.2, 0.25) is 0 Å². The van der Waals surface area contributed by atoms with Crippen LogP contribution in [0, 0.1) is 17.5 Å². The minimum atomic E-state index is -1.25. The highest BCUT2D eigenvalue weighted by Crippen LogP contribution is 2.29. The smallest absolute Gasteiger partial charge is 0.338 e. The first kappa shape index (κ1) is 17.4. The van der Waals surface area contributed by atoms with Crippen LogP contribution >= 0.6 is 11.3 Å². The largest absolute Gasteiger partial charge is 0.462 e. The standard InChI is InChI=1S/C18H14F3NO2S/c1-2-24-18(23)11-5-3-4-10(8-11)6-7-14-22-16-15(21)12(19)9-13(20)17(16)25-14/h3-5,8-9H,2,6-7H2,1H3. The summed E-state index contributed by atoms with van der Waals surface area (Å²) < 4.78 is 45.7. The van der Waals surface area contributed by atoms with Crippen molar-refractivity contribution in [2.75, 3.05) is 6.61 Å². The second kappa shape index (κ2) is 7.23. The van der Waals surface area contributed by atoms with Gasteiger partial charge in [0, 0.05) is 12.5 Å². The van der Waals surface area contributed by atoms with Crippen molar-refractivity contribution in [2.45, 2.75) is 19.8 Å². The molecule has 0 aliphatic carbocycles. The fraction of sp³-hybridized carbons (Fsp3) is 0.222. The van der Waals surface area contributed by atoms with Gasteiger partial charge in [0.2, 0.25) is 0 Å². The van der Waals surface area contributed by atoms with Crippen molar-refractivity contribution >= 4 is 27.5 Å². The number of nitrogens with zero attached hydrogens (tertiary/aromatic N) is 1.